The molecular weight excluding hydrogens is 284 g/mol. The van der Waals surface area contributed by atoms with E-state index in [9.17, 15) is 4.79 Å². The molecule has 106 valence electrons. The minimum absolute atomic E-state index is 0.109. The number of carbonyl (C=O) groups is 1. The molecule has 2 aromatic rings. The van der Waals surface area contributed by atoms with Gasteiger partial charge in [0.15, 0.2) is 0 Å². The van der Waals surface area contributed by atoms with Crippen molar-refractivity contribution >= 4 is 27.3 Å². The average Bonchev–Trinajstić information content (AvgIpc) is 3.20. The molecule has 0 spiro atoms. The maximum atomic E-state index is 12.3. The van der Waals surface area contributed by atoms with Crippen LogP contribution in [0.15, 0.2) is 18.3 Å². The van der Waals surface area contributed by atoms with Crippen LogP contribution in [0.25, 0.3) is 10.1 Å². The minimum Gasteiger partial charge on any atom is -0.346 e. The molecule has 0 aromatic carbocycles. The van der Waals surface area contributed by atoms with Crippen molar-refractivity contribution in [3.05, 3.63) is 28.9 Å². The highest BCUT2D eigenvalue weighted by Crippen LogP contribution is 2.28. The lowest BCUT2D eigenvalue weighted by molar-refractivity contribution is 0.0919. The van der Waals surface area contributed by atoms with Crippen LogP contribution < -0.4 is 5.32 Å². The van der Waals surface area contributed by atoms with Crippen LogP contribution in [-0.4, -0.2) is 41.5 Å². The molecule has 1 amide bonds. The quantitative estimate of drug-likeness (QED) is 0.914. The van der Waals surface area contributed by atoms with Crippen molar-refractivity contribution in [2.75, 3.05) is 19.6 Å². The van der Waals surface area contributed by atoms with E-state index in [0.717, 1.165) is 29.7 Å². The second-order valence-electron chi connectivity index (χ2n) is 5.72. The number of hydrogen-bond donors (Lipinski definition) is 1. The van der Waals surface area contributed by atoms with Crippen molar-refractivity contribution in [1.82, 2.24) is 15.2 Å². The summed E-state index contributed by atoms with van der Waals surface area (Å²) in [7, 11) is 0. The van der Waals surface area contributed by atoms with Gasteiger partial charge in [-0.25, -0.2) is 0 Å². The highest BCUT2D eigenvalue weighted by molar-refractivity contribution is 7.19. The molecule has 1 N–H and O–H groups in total. The van der Waals surface area contributed by atoms with Crippen LogP contribution >= 0.6 is 11.3 Å². The first-order valence-corrected chi connectivity index (χ1v) is 7.87. The van der Waals surface area contributed by atoms with Gasteiger partial charge in [-0.2, -0.15) is 5.26 Å². The zero-order valence-electron chi connectivity index (χ0n) is 11.4. The largest absolute Gasteiger partial charge is 0.346 e. The van der Waals surface area contributed by atoms with Gasteiger partial charge in [0.05, 0.1) is 0 Å². The Morgan fingerprint density at radius 1 is 1.48 bits per heavy atom. The zero-order valence-corrected chi connectivity index (χ0v) is 12.2. The smallest absolute Gasteiger partial charge is 0.270 e. The highest BCUT2D eigenvalue weighted by atomic mass is 32.1. The molecule has 21 heavy (non-hydrogen) atoms. The van der Waals surface area contributed by atoms with Crippen molar-refractivity contribution in [2.45, 2.75) is 12.5 Å². The summed E-state index contributed by atoms with van der Waals surface area (Å²) in [5, 5.41) is 12.9. The summed E-state index contributed by atoms with van der Waals surface area (Å²) in [6.07, 6.45) is 2.85. The Balaban J connectivity index is 1.55. The molecule has 2 fully saturated rings. The molecule has 6 heteroatoms. The zero-order chi connectivity index (χ0) is 14.4. The Bertz CT molecular complexity index is 763. The Morgan fingerprint density at radius 3 is 3.10 bits per heavy atom. The first kappa shape index (κ1) is 12.7. The molecule has 2 unspecified atom stereocenters. The fourth-order valence-electron chi connectivity index (χ4n) is 3.30. The van der Waals surface area contributed by atoms with E-state index in [1.807, 2.05) is 0 Å². The van der Waals surface area contributed by atoms with Crippen LogP contribution in [0.3, 0.4) is 0 Å². The summed E-state index contributed by atoms with van der Waals surface area (Å²) in [6.45, 7) is 3.22. The molecule has 2 aliphatic rings. The van der Waals surface area contributed by atoms with E-state index in [1.165, 1.54) is 17.8 Å². The number of thiophene rings is 1. The number of aromatic nitrogens is 1. The van der Waals surface area contributed by atoms with Crippen molar-refractivity contribution in [1.29, 1.82) is 5.26 Å². The molecule has 4 rings (SSSR count). The Hall–Kier alpha value is -1.97. The standard InChI is InChI=1S/C15H14N4OS/c16-5-11-3-10-6-17-12(4-14(10)21-11)15(20)18-13-8-19-2-1-9(13)7-19/h3-4,6,9,13H,1-2,7-8H2,(H,18,20)/t9-,13?/m0/s1. The lowest BCUT2D eigenvalue weighted by atomic mass is 10.00. The molecule has 0 saturated carbocycles. The first-order chi connectivity index (χ1) is 10.2. The van der Waals surface area contributed by atoms with E-state index >= 15 is 0 Å². The van der Waals surface area contributed by atoms with E-state index in [4.69, 9.17) is 5.26 Å². The SMILES string of the molecule is N#Cc1cc2cnc(C(=O)NC3CN4CC[C@H]3C4)cc2s1. The van der Waals surface area contributed by atoms with Gasteiger partial charge in [-0.05, 0) is 31.0 Å². The molecule has 2 saturated heterocycles. The van der Waals surface area contributed by atoms with Crippen LogP contribution in [0.2, 0.25) is 0 Å². The van der Waals surface area contributed by atoms with Gasteiger partial charge >= 0.3 is 0 Å². The number of hydrogen-bond acceptors (Lipinski definition) is 5. The second kappa shape index (κ2) is 4.79. The van der Waals surface area contributed by atoms with Crippen LogP contribution in [0, 0.1) is 17.2 Å². The monoisotopic (exact) mass is 298 g/mol. The second-order valence-corrected chi connectivity index (χ2v) is 6.80. The number of amides is 1. The number of pyridine rings is 1. The maximum absolute atomic E-state index is 12.3. The van der Waals surface area contributed by atoms with Crippen LogP contribution in [0.5, 0.6) is 0 Å². The van der Waals surface area contributed by atoms with Crippen molar-refractivity contribution in [3.8, 4) is 6.07 Å². The predicted octanol–water partition coefficient (Wildman–Crippen LogP) is 1.60. The molecule has 3 atom stereocenters. The Morgan fingerprint density at radius 2 is 2.38 bits per heavy atom. The normalized spacial score (nSPS) is 26.9. The molecule has 2 bridgehead atoms. The van der Waals surface area contributed by atoms with E-state index in [1.54, 1.807) is 18.3 Å². The fraction of sp³-hybridized carbons (Fsp3) is 0.400. The van der Waals surface area contributed by atoms with Gasteiger partial charge in [0.25, 0.3) is 5.91 Å². The van der Waals surface area contributed by atoms with Crippen LogP contribution in [0.4, 0.5) is 0 Å². The Kier molecular flexibility index (Phi) is 2.91. The van der Waals surface area contributed by atoms with Gasteiger partial charge in [-0.1, -0.05) is 0 Å². The van der Waals surface area contributed by atoms with Gasteiger partial charge in [-0.15, -0.1) is 11.3 Å². The van der Waals surface area contributed by atoms with E-state index < -0.39 is 0 Å². The summed E-state index contributed by atoms with van der Waals surface area (Å²) in [5.41, 5.74) is 0.437. The lowest BCUT2D eigenvalue weighted by Crippen LogP contribution is -2.43. The number of carbonyl (C=O) groups excluding carboxylic acids is 1. The predicted molar refractivity (Wildman–Crippen MR) is 80.1 cm³/mol. The Labute approximate surface area is 126 Å². The van der Waals surface area contributed by atoms with E-state index in [2.05, 4.69) is 21.3 Å². The molecule has 0 radical (unpaired) electrons. The summed E-state index contributed by atoms with van der Waals surface area (Å²) in [5.74, 6) is 0.479. The molecular formula is C15H14N4OS. The number of piperidine rings is 1. The van der Waals surface area contributed by atoms with E-state index in [0.29, 0.717) is 16.5 Å². The third-order valence-electron chi connectivity index (χ3n) is 4.39. The summed E-state index contributed by atoms with van der Waals surface area (Å²) >= 11 is 1.39. The van der Waals surface area contributed by atoms with Crippen LogP contribution in [-0.2, 0) is 0 Å². The van der Waals surface area contributed by atoms with E-state index in [-0.39, 0.29) is 11.9 Å². The molecule has 0 aliphatic carbocycles. The summed E-state index contributed by atoms with van der Waals surface area (Å²) < 4.78 is 0.934. The number of fused-ring (bicyclic) bond motifs is 3. The number of nitrogens with one attached hydrogen (secondary N) is 1. The molecule has 2 aliphatic heterocycles. The fourth-order valence-corrected chi connectivity index (χ4v) is 4.17. The number of rotatable bonds is 2. The van der Waals surface area contributed by atoms with Gasteiger partial charge in [-0.3, -0.25) is 9.78 Å². The topological polar surface area (TPSA) is 69.0 Å². The molecule has 2 aromatic heterocycles. The first-order valence-electron chi connectivity index (χ1n) is 7.06. The van der Waals surface area contributed by atoms with Gasteiger partial charge in [0.1, 0.15) is 16.6 Å². The molecule has 5 nitrogen and oxygen atoms in total. The lowest BCUT2D eigenvalue weighted by Gasteiger charge is -2.22. The third-order valence-corrected chi connectivity index (χ3v) is 5.40. The third kappa shape index (κ3) is 2.19. The van der Waals surface area contributed by atoms with Gasteiger partial charge in [0.2, 0.25) is 0 Å². The summed E-state index contributed by atoms with van der Waals surface area (Å²) in [6, 6.07) is 5.96. The highest BCUT2D eigenvalue weighted by Gasteiger charge is 2.38. The number of nitrogens with zero attached hydrogens (tertiary/aromatic N) is 3. The summed E-state index contributed by atoms with van der Waals surface area (Å²) in [4.78, 5) is 19.6. The van der Waals surface area contributed by atoms with Crippen molar-refractivity contribution in [2.24, 2.45) is 5.92 Å². The van der Waals surface area contributed by atoms with Gasteiger partial charge in [0, 0.05) is 35.4 Å². The number of nitriles is 1. The minimum atomic E-state index is -0.109. The van der Waals surface area contributed by atoms with Crippen LogP contribution in [0.1, 0.15) is 21.8 Å². The maximum Gasteiger partial charge on any atom is 0.270 e. The van der Waals surface area contributed by atoms with Crippen molar-refractivity contribution < 1.29 is 4.79 Å². The average molecular weight is 298 g/mol. The van der Waals surface area contributed by atoms with Gasteiger partial charge < -0.3 is 10.2 Å². The molecule has 4 heterocycles. The van der Waals surface area contributed by atoms with Crippen molar-refractivity contribution in [3.63, 3.8) is 0 Å².